The fourth-order valence-corrected chi connectivity index (χ4v) is 5.73. The third-order valence-electron chi connectivity index (χ3n) is 6.17. The van der Waals surface area contributed by atoms with Gasteiger partial charge in [-0.15, -0.1) is 0 Å². The van der Waals surface area contributed by atoms with Crippen molar-refractivity contribution in [2.75, 3.05) is 19.0 Å². The first-order valence-electron chi connectivity index (χ1n) is 12.7. The zero-order valence-electron chi connectivity index (χ0n) is 23.1. The Hall–Kier alpha value is -3.16. The molecule has 13 nitrogen and oxygen atoms in total. The lowest BCUT2D eigenvalue weighted by atomic mass is 9.98. The normalized spacial score (nSPS) is 25.1. The first-order chi connectivity index (χ1) is 18.8. The van der Waals surface area contributed by atoms with Crippen molar-refractivity contribution in [2.45, 2.75) is 70.9 Å². The fourth-order valence-electron chi connectivity index (χ4n) is 4.23. The molecule has 3 N–H and O–H groups in total. The number of rotatable bonds is 11. The zero-order chi connectivity index (χ0) is 29.2. The second-order valence-corrected chi connectivity index (χ2v) is 11.5. The summed E-state index contributed by atoms with van der Waals surface area (Å²) >= 11 is 0. The van der Waals surface area contributed by atoms with Crippen molar-refractivity contribution in [3.05, 3.63) is 42.5 Å². The number of fused-ring (bicyclic) bond motifs is 1. The number of carbonyl (C=O) groups is 1. The van der Waals surface area contributed by atoms with Crippen LogP contribution < -0.4 is 14.9 Å². The van der Waals surface area contributed by atoms with E-state index in [4.69, 9.17) is 18.5 Å². The molecule has 1 aromatic carbocycles. The predicted molar refractivity (Wildman–Crippen MR) is 143 cm³/mol. The number of ether oxygens (including phenoxy) is 2. The molecule has 0 aliphatic carbocycles. The maximum absolute atomic E-state index is 16.0. The van der Waals surface area contributed by atoms with Crippen LogP contribution in [-0.2, 0) is 23.4 Å². The molecule has 218 valence electrons. The largest absolute Gasteiger partial charge is 0.462 e. The van der Waals surface area contributed by atoms with Gasteiger partial charge in [0.05, 0.1) is 19.0 Å². The Labute approximate surface area is 231 Å². The lowest BCUT2D eigenvalue weighted by Gasteiger charge is -2.25. The number of aromatic nitrogens is 4. The van der Waals surface area contributed by atoms with Crippen LogP contribution in [0.1, 0.15) is 39.7 Å². The smallest absolute Gasteiger partial charge is 0.459 e. The minimum atomic E-state index is -4.26. The SMILES string of the molecule is CNc1nc(C)nc2c1ncn2[C@@H]1O[C@H](CO[P@](=O)(N[C@H](C)C(=O)OC(C)C)Oc2ccccc2)[C@@H](O)[C@@]1(C)F. The minimum Gasteiger partial charge on any atom is -0.462 e. The molecule has 0 saturated carbocycles. The number of aliphatic hydroxyl groups is 1. The summed E-state index contributed by atoms with van der Waals surface area (Å²) in [5, 5.41) is 16.4. The lowest BCUT2D eigenvalue weighted by molar-refractivity contribution is -0.149. The summed E-state index contributed by atoms with van der Waals surface area (Å²) in [6.07, 6.45) is -3.34. The highest BCUT2D eigenvalue weighted by atomic mass is 31.2. The number of esters is 1. The number of nitrogens with one attached hydrogen (secondary N) is 2. The Morgan fingerprint density at radius 1 is 1.27 bits per heavy atom. The van der Waals surface area contributed by atoms with Gasteiger partial charge in [-0.05, 0) is 46.8 Å². The van der Waals surface area contributed by atoms with E-state index < -0.39 is 56.6 Å². The first kappa shape index (κ1) is 29.8. The number of hydrogen-bond acceptors (Lipinski definition) is 11. The summed E-state index contributed by atoms with van der Waals surface area (Å²) in [6.45, 7) is 7.13. The predicted octanol–water partition coefficient (Wildman–Crippen LogP) is 3.30. The van der Waals surface area contributed by atoms with Gasteiger partial charge in [-0.25, -0.2) is 23.9 Å². The third-order valence-corrected chi connectivity index (χ3v) is 7.82. The van der Waals surface area contributed by atoms with Crippen LogP contribution >= 0.6 is 7.75 Å². The number of benzene rings is 1. The molecule has 3 heterocycles. The molecule has 2 aromatic heterocycles. The number of aryl methyl sites for hydroxylation is 1. The highest BCUT2D eigenvalue weighted by molar-refractivity contribution is 7.52. The molecular formula is C25H34FN6O7P. The van der Waals surface area contributed by atoms with Gasteiger partial charge in [0.1, 0.15) is 29.8 Å². The van der Waals surface area contributed by atoms with Crippen molar-refractivity contribution in [2.24, 2.45) is 0 Å². The fraction of sp³-hybridized carbons (Fsp3) is 0.520. The monoisotopic (exact) mass is 580 g/mol. The summed E-state index contributed by atoms with van der Waals surface area (Å²) in [5.41, 5.74) is -1.61. The molecule has 0 bridgehead atoms. The summed E-state index contributed by atoms with van der Waals surface area (Å²) in [5.74, 6) is 0.404. The molecule has 1 aliphatic heterocycles. The highest BCUT2D eigenvalue weighted by Crippen LogP contribution is 2.48. The van der Waals surface area contributed by atoms with Gasteiger partial charge in [0.15, 0.2) is 28.9 Å². The molecule has 4 rings (SSSR count). The number of hydrogen-bond donors (Lipinski definition) is 3. The number of anilines is 1. The maximum atomic E-state index is 16.0. The van der Waals surface area contributed by atoms with Crippen LogP contribution in [0.2, 0.25) is 0 Å². The van der Waals surface area contributed by atoms with Crippen LogP contribution in [0.25, 0.3) is 11.2 Å². The molecule has 0 radical (unpaired) electrons. The maximum Gasteiger partial charge on any atom is 0.459 e. The van der Waals surface area contributed by atoms with E-state index in [-0.39, 0.29) is 5.75 Å². The average Bonchev–Trinajstić information content (AvgIpc) is 3.40. The Morgan fingerprint density at radius 3 is 2.62 bits per heavy atom. The number of halogens is 1. The van der Waals surface area contributed by atoms with Crippen LogP contribution in [0.4, 0.5) is 10.2 Å². The number of aliphatic hydroxyl groups excluding tert-OH is 1. The lowest BCUT2D eigenvalue weighted by Crippen LogP contribution is -2.41. The molecule has 1 saturated heterocycles. The van der Waals surface area contributed by atoms with Crippen molar-refractivity contribution < 1.29 is 37.4 Å². The van der Waals surface area contributed by atoms with Gasteiger partial charge in [0, 0.05) is 7.05 Å². The van der Waals surface area contributed by atoms with Gasteiger partial charge in [-0.1, -0.05) is 18.2 Å². The standard InChI is InChI=1S/C25H34FN6O7P/c1-14(2)37-23(34)15(3)31-40(35,39-17-10-8-7-9-11-17)36-12-18-20(33)25(5,26)24(38-18)32-13-28-19-21(27-6)29-16(4)30-22(19)32/h7-11,13-15,18,20,24,33H,12H2,1-6H3,(H,31,35)(H,27,29,30)/t15-,18-,20-,24-,25-,40-/m1/s1. The van der Waals surface area contributed by atoms with Gasteiger partial charge in [0.25, 0.3) is 0 Å². The Balaban J connectivity index is 1.56. The number of nitrogens with zero attached hydrogens (tertiary/aromatic N) is 4. The third kappa shape index (κ3) is 6.26. The van der Waals surface area contributed by atoms with E-state index in [0.717, 1.165) is 0 Å². The number of para-hydroxylation sites is 1. The molecule has 0 amide bonds. The van der Waals surface area contributed by atoms with Gasteiger partial charge in [-0.3, -0.25) is 13.9 Å². The van der Waals surface area contributed by atoms with E-state index in [1.165, 1.54) is 24.7 Å². The molecule has 0 unspecified atom stereocenters. The van der Waals surface area contributed by atoms with Gasteiger partial charge >= 0.3 is 13.7 Å². The number of imidazole rings is 1. The Morgan fingerprint density at radius 2 is 1.98 bits per heavy atom. The quantitative estimate of drug-likeness (QED) is 0.225. The van der Waals surface area contributed by atoms with Crippen LogP contribution in [0, 0.1) is 6.92 Å². The second kappa shape index (κ2) is 11.8. The van der Waals surface area contributed by atoms with Crippen LogP contribution in [0.15, 0.2) is 36.7 Å². The van der Waals surface area contributed by atoms with E-state index >= 15 is 4.39 Å². The Bertz CT molecular complexity index is 1390. The molecule has 15 heteroatoms. The Kier molecular flexibility index (Phi) is 8.76. The molecule has 40 heavy (non-hydrogen) atoms. The molecule has 1 aliphatic rings. The van der Waals surface area contributed by atoms with Gasteiger partial charge in [-0.2, -0.15) is 5.09 Å². The van der Waals surface area contributed by atoms with E-state index in [1.807, 2.05) is 0 Å². The molecule has 3 aromatic rings. The summed E-state index contributed by atoms with van der Waals surface area (Å²) < 4.78 is 53.4. The van der Waals surface area contributed by atoms with E-state index in [0.29, 0.717) is 22.8 Å². The van der Waals surface area contributed by atoms with Gasteiger partial charge < -0.3 is 24.4 Å². The van der Waals surface area contributed by atoms with Gasteiger partial charge in [0.2, 0.25) is 0 Å². The van der Waals surface area contributed by atoms with E-state index in [2.05, 4.69) is 25.4 Å². The average molecular weight is 581 g/mol. The van der Waals surface area contributed by atoms with Crippen molar-refractivity contribution in [3.8, 4) is 5.75 Å². The van der Waals surface area contributed by atoms with Crippen LogP contribution in [0.5, 0.6) is 5.75 Å². The molecule has 6 atom stereocenters. The molecule has 1 fully saturated rings. The van der Waals surface area contributed by atoms with Crippen LogP contribution in [-0.4, -0.2) is 74.3 Å². The van der Waals surface area contributed by atoms with E-state index in [1.54, 1.807) is 58.2 Å². The summed E-state index contributed by atoms with van der Waals surface area (Å²) in [4.78, 5) is 25.3. The van der Waals surface area contributed by atoms with E-state index in [9.17, 15) is 14.5 Å². The van der Waals surface area contributed by atoms with Crippen molar-refractivity contribution >= 4 is 30.7 Å². The number of alkyl halides is 1. The minimum absolute atomic E-state index is 0.198. The van der Waals surface area contributed by atoms with Crippen molar-refractivity contribution in [3.63, 3.8) is 0 Å². The van der Waals surface area contributed by atoms with Crippen molar-refractivity contribution in [1.29, 1.82) is 0 Å². The second-order valence-electron chi connectivity index (χ2n) is 9.85. The summed E-state index contributed by atoms with van der Waals surface area (Å²) in [6, 6.07) is 7.10. The topological polar surface area (TPSA) is 159 Å². The summed E-state index contributed by atoms with van der Waals surface area (Å²) in [7, 11) is -2.59. The first-order valence-corrected chi connectivity index (χ1v) is 14.3. The number of carbonyl (C=O) groups excluding carboxylic acids is 1. The molecular weight excluding hydrogens is 546 g/mol. The highest BCUT2D eigenvalue weighted by Gasteiger charge is 2.56. The zero-order valence-corrected chi connectivity index (χ0v) is 24.0. The molecule has 0 spiro atoms. The van der Waals surface area contributed by atoms with Crippen LogP contribution in [0.3, 0.4) is 0 Å². The van der Waals surface area contributed by atoms with Crippen molar-refractivity contribution in [1.82, 2.24) is 24.6 Å².